The summed E-state index contributed by atoms with van der Waals surface area (Å²) in [5.41, 5.74) is 5.96. The van der Waals surface area contributed by atoms with Crippen LogP contribution in [-0.4, -0.2) is 8.42 Å². The molecule has 2 aromatic rings. The maximum Gasteiger partial charge on any atom is 0.271 e. The van der Waals surface area contributed by atoms with Crippen LogP contribution in [0.2, 0.25) is 4.34 Å². The Labute approximate surface area is 119 Å². The molecule has 19 heavy (non-hydrogen) atoms. The Hall–Kier alpha value is -1.31. The van der Waals surface area contributed by atoms with Crippen LogP contribution in [0.5, 0.6) is 0 Å². The fourth-order valence-electron chi connectivity index (χ4n) is 1.40. The van der Waals surface area contributed by atoms with Gasteiger partial charge >= 0.3 is 0 Å². The van der Waals surface area contributed by atoms with Crippen molar-refractivity contribution in [3.8, 4) is 0 Å². The second-order valence-corrected chi connectivity index (χ2v) is 7.40. The Morgan fingerprint density at radius 2 is 2.11 bits per heavy atom. The van der Waals surface area contributed by atoms with E-state index in [0.717, 1.165) is 17.4 Å². The van der Waals surface area contributed by atoms with E-state index in [-0.39, 0.29) is 15.6 Å². The lowest BCUT2D eigenvalue weighted by Gasteiger charge is -2.09. The number of hydrogen-bond donors (Lipinski definition) is 2. The van der Waals surface area contributed by atoms with Gasteiger partial charge in [-0.2, -0.15) is 0 Å². The summed E-state index contributed by atoms with van der Waals surface area (Å²) in [6, 6.07) is 5.36. The smallest absolute Gasteiger partial charge is 0.271 e. The van der Waals surface area contributed by atoms with Gasteiger partial charge in [-0.3, -0.25) is 4.72 Å². The summed E-state index contributed by atoms with van der Waals surface area (Å²) in [5.74, 6) is -0.733. The fourth-order valence-corrected chi connectivity index (χ4v) is 4.20. The molecule has 0 aliphatic carbocycles. The van der Waals surface area contributed by atoms with Crippen LogP contribution in [0.4, 0.5) is 15.8 Å². The Morgan fingerprint density at radius 1 is 1.42 bits per heavy atom. The summed E-state index contributed by atoms with van der Waals surface area (Å²) in [4.78, 5) is 0. The first kappa shape index (κ1) is 14.1. The van der Waals surface area contributed by atoms with Crippen LogP contribution < -0.4 is 10.5 Å². The Morgan fingerprint density at radius 3 is 2.63 bits per heavy atom. The maximum atomic E-state index is 13.6. The molecule has 0 aliphatic heterocycles. The number of nitrogen functional groups attached to an aromatic ring is 1. The largest absolute Gasteiger partial charge is 0.397 e. The third kappa shape index (κ3) is 2.83. The SMILES string of the molecule is Cc1cc(S(=O)(=O)Nc2c(N)cccc2F)sc1Cl. The minimum atomic E-state index is -3.90. The summed E-state index contributed by atoms with van der Waals surface area (Å²) in [5, 5.41) is 0. The zero-order valence-electron chi connectivity index (χ0n) is 9.78. The fraction of sp³-hybridized carbons (Fsp3) is 0.0909. The van der Waals surface area contributed by atoms with E-state index in [1.807, 2.05) is 0 Å². The number of halogens is 2. The van der Waals surface area contributed by atoms with Crippen molar-refractivity contribution in [1.29, 1.82) is 0 Å². The Balaban J connectivity index is 2.42. The number of aryl methyl sites for hydroxylation is 1. The topological polar surface area (TPSA) is 72.2 Å². The van der Waals surface area contributed by atoms with E-state index in [9.17, 15) is 12.8 Å². The highest BCUT2D eigenvalue weighted by molar-refractivity contribution is 7.94. The molecule has 0 spiro atoms. The lowest BCUT2D eigenvalue weighted by atomic mass is 10.3. The van der Waals surface area contributed by atoms with Gasteiger partial charge in [0.15, 0.2) is 0 Å². The lowest BCUT2D eigenvalue weighted by molar-refractivity contribution is 0.600. The van der Waals surface area contributed by atoms with Crippen molar-refractivity contribution in [2.45, 2.75) is 11.1 Å². The maximum absolute atomic E-state index is 13.6. The minimum absolute atomic E-state index is 0.0117. The average Bonchev–Trinajstić information content (AvgIpc) is 2.66. The van der Waals surface area contributed by atoms with E-state index in [1.165, 1.54) is 18.2 Å². The zero-order chi connectivity index (χ0) is 14.2. The number of anilines is 2. The van der Waals surface area contributed by atoms with Crippen LogP contribution in [0.25, 0.3) is 0 Å². The lowest BCUT2D eigenvalue weighted by Crippen LogP contribution is -2.14. The van der Waals surface area contributed by atoms with Gasteiger partial charge in [0.2, 0.25) is 0 Å². The summed E-state index contributed by atoms with van der Waals surface area (Å²) < 4.78 is 40.3. The number of rotatable bonds is 3. The molecule has 0 radical (unpaired) electrons. The first-order valence-corrected chi connectivity index (χ1v) is 7.82. The predicted octanol–water partition coefficient (Wildman–Crippen LogP) is 3.23. The summed E-state index contributed by atoms with van der Waals surface area (Å²) >= 11 is 6.73. The van der Waals surface area contributed by atoms with Crippen LogP contribution in [0.1, 0.15) is 5.56 Å². The molecular formula is C11H10ClFN2O2S2. The molecule has 0 unspecified atom stereocenters. The molecule has 0 saturated heterocycles. The monoisotopic (exact) mass is 320 g/mol. The number of thiophene rings is 1. The van der Waals surface area contributed by atoms with Gasteiger partial charge in [0.25, 0.3) is 10.0 Å². The van der Waals surface area contributed by atoms with E-state index >= 15 is 0 Å². The normalized spacial score (nSPS) is 11.5. The second kappa shape index (κ2) is 4.99. The summed E-state index contributed by atoms with van der Waals surface area (Å²) in [6.45, 7) is 1.69. The van der Waals surface area contributed by atoms with Gasteiger partial charge in [0.05, 0.1) is 10.0 Å². The molecule has 1 heterocycles. The number of hydrogen-bond acceptors (Lipinski definition) is 4. The van der Waals surface area contributed by atoms with Crippen molar-refractivity contribution in [2.24, 2.45) is 0 Å². The van der Waals surface area contributed by atoms with Gasteiger partial charge in [-0.15, -0.1) is 11.3 Å². The molecule has 3 N–H and O–H groups in total. The molecule has 4 nitrogen and oxygen atoms in total. The molecule has 2 rings (SSSR count). The summed E-state index contributed by atoms with van der Waals surface area (Å²) in [7, 11) is -3.90. The van der Waals surface area contributed by atoms with Crippen LogP contribution >= 0.6 is 22.9 Å². The van der Waals surface area contributed by atoms with E-state index in [4.69, 9.17) is 17.3 Å². The second-order valence-electron chi connectivity index (χ2n) is 3.83. The van der Waals surface area contributed by atoms with Crippen LogP contribution in [0, 0.1) is 12.7 Å². The molecule has 0 saturated carbocycles. The van der Waals surface area contributed by atoms with Gasteiger partial charge in [0.1, 0.15) is 15.7 Å². The molecule has 0 amide bonds. The Bertz CT molecular complexity index is 689. The molecule has 0 atom stereocenters. The third-order valence-electron chi connectivity index (χ3n) is 2.38. The van der Waals surface area contributed by atoms with Crippen molar-refractivity contribution in [3.05, 3.63) is 40.0 Å². The van der Waals surface area contributed by atoms with Gasteiger partial charge < -0.3 is 5.73 Å². The number of benzene rings is 1. The highest BCUT2D eigenvalue weighted by Gasteiger charge is 2.21. The molecule has 8 heteroatoms. The zero-order valence-corrected chi connectivity index (χ0v) is 12.2. The number of sulfonamides is 1. The number of nitrogens with one attached hydrogen (secondary N) is 1. The quantitative estimate of drug-likeness (QED) is 0.853. The molecule has 1 aromatic carbocycles. The Kier molecular flexibility index (Phi) is 3.71. The number of para-hydroxylation sites is 1. The van der Waals surface area contributed by atoms with Crippen molar-refractivity contribution < 1.29 is 12.8 Å². The molecule has 0 aliphatic rings. The van der Waals surface area contributed by atoms with Gasteiger partial charge in [-0.1, -0.05) is 17.7 Å². The molecule has 0 fully saturated rings. The van der Waals surface area contributed by atoms with Crippen molar-refractivity contribution in [2.75, 3.05) is 10.5 Å². The van der Waals surface area contributed by atoms with E-state index in [0.29, 0.717) is 9.90 Å². The van der Waals surface area contributed by atoms with Crippen molar-refractivity contribution in [3.63, 3.8) is 0 Å². The van der Waals surface area contributed by atoms with Gasteiger partial charge in [-0.25, -0.2) is 12.8 Å². The first-order valence-electron chi connectivity index (χ1n) is 5.14. The van der Waals surface area contributed by atoms with Crippen molar-refractivity contribution >= 4 is 44.3 Å². The third-order valence-corrected chi connectivity index (χ3v) is 5.76. The van der Waals surface area contributed by atoms with E-state index in [1.54, 1.807) is 6.92 Å². The van der Waals surface area contributed by atoms with Crippen LogP contribution in [0.15, 0.2) is 28.5 Å². The summed E-state index contributed by atoms with van der Waals surface area (Å²) in [6.07, 6.45) is 0. The van der Waals surface area contributed by atoms with Crippen LogP contribution in [0.3, 0.4) is 0 Å². The van der Waals surface area contributed by atoms with E-state index in [2.05, 4.69) is 4.72 Å². The highest BCUT2D eigenvalue weighted by atomic mass is 35.5. The molecule has 0 bridgehead atoms. The first-order chi connectivity index (χ1) is 8.81. The number of nitrogens with two attached hydrogens (primary N) is 1. The highest BCUT2D eigenvalue weighted by Crippen LogP contribution is 2.32. The van der Waals surface area contributed by atoms with Gasteiger partial charge in [0, 0.05) is 0 Å². The van der Waals surface area contributed by atoms with Crippen LogP contribution in [-0.2, 0) is 10.0 Å². The van der Waals surface area contributed by atoms with E-state index < -0.39 is 15.8 Å². The average molecular weight is 321 g/mol. The molecule has 1 aromatic heterocycles. The molecule has 102 valence electrons. The van der Waals surface area contributed by atoms with Gasteiger partial charge in [-0.05, 0) is 30.7 Å². The van der Waals surface area contributed by atoms with Crippen molar-refractivity contribution in [1.82, 2.24) is 0 Å². The minimum Gasteiger partial charge on any atom is -0.397 e. The standard InChI is InChI=1S/C11H10ClFN2O2S2/c1-6-5-9(18-11(6)12)19(16,17)15-10-7(13)3-2-4-8(10)14/h2-5,15H,14H2,1H3. The predicted molar refractivity (Wildman–Crippen MR) is 75.7 cm³/mol. The molecular weight excluding hydrogens is 311 g/mol.